The molecule has 2 aliphatic heterocycles. The normalized spacial score (nSPS) is 21.6. The fourth-order valence-corrected chi connectivity index (χ4v) is 5.52. The summed E-state index contributed by atoms with van der Waals surface area (Å²) < 4.78 is 2.48. The number of pyridine rings is 1. The van der Waals surface area contributed by atoms with Gasteiger partial charge in [-0.05, 0) is 29.2 Å². The van der Waals surface area contributed by atoms with Crippen LogP contribution in [0.3, 0.4) is 0 Å². The molecule has 2 bridgehead atoms. The summed E-state index contributed by atoms with van der Waals surface area (Å²) in [6.45, 7) is 2.40. The number of rotatable bonds is 2. The quantitative estimate of drug-likeness (QED) is 0.391. The first kappa shape index (κ1) is 16.5. The van der Waals surface area contributed by atoms with E-state index in [4.69, 9.17) is 0 Å². The van der Waals surface area contributed by atoms with Crippen molar-refractivity contribution in [1.29, 1.82) is 0 Å². The van der Waals surface area contributed by atoms with Crippen molar-refractivity contribution in [2.45, 2.75) is 18.4 Å². The van der Waals surface area contributed by atoms with E-state index in [1.807, 2.05) is 0 Å². The fraction of sp³-hybridized carbons (Fsp3) is 0.107. The van der Waals surface area contributed by atoms with Crippen molar-refractivity contribution >= 4 is 11.1 Å². The van der Waals surface area contributed by atoms with E-state index in [0.717, 1.165) is 0 Å². The van der Waals surface area contributed by atoms with Crippen LogP contribution in [-0.2, 0) is 5.41 Å². The van der Waals surface area contributed by atoms with Gasteiger partial charge in [-0.25, -0.2) is 0 Å². The SMILES string of the molecule is C[C@]12C(c3ccccc3)=C(c3ccccc3)[C@@H](c3ccccc31)[n+]1ccccc12. The third-order valence-corrected chi connectivity index (χ3v) is 6.66. The molecule has 1 nitrogen and oxygen atoms in total. The Hall–Kier alpha value is -3.45. The zero-order valence-corrected chi connectivity index (χ0v) is 16.4. The highest BCUT2D eigenvalue weighted by Gasteiger charge is 2.56. The zero-order valence-electron chi connectivity index (χ0n) is 16.4. The number of nitrogens with zero attached hydrogens (tertiary/aromatic N) is 1. The minimum Gasteiger partial charge on any atom is -0.190 e. The minimum absolute atomic E-state index is 0.182. The highest BCUT2D eigenvalue weighted by Crippen LogP contribution is 2.58. The average Bonchev–Trinajstić information content (AvgIpc) is 2.80. The van der Waals surface area contributed by atoms with Crippen LogP contribution in [0.1, 0.15) is 40.9 Å². The van der Waals surface area contributed by atoms with Gasteiger partial charge in [0, 0.05) is 23.3 Å². The molecule has 0 unspecified atom stereocenters. The molecule has 0 saturated heterocycles. The van der Waals surface area contributed by atoms with Gasteiger partial charge in [0.05, 0.1) is 0 Å². The van der Waals surface area contributed by atoms with Gasteiger partial charge in [0.2, 0.25) is 6.04 Å². The Morgan fingerprint density at radius 1 is 0.655 bits per heavy atom. The molecule has 0 fully saturated rings. The Bertz CT molecular complexity index is 1200. The first-order valence-electron chi connectivity index (χ1n) is 10.3. The van der Waals surface area contributed by atoms with Crippen LogP contribution < -0.4 is 4.57 Å². The predicted molar refractivity (Wildman–Crippen MR) is 117 cm³/mol. The van der Waals surface area contributed by atoms with Gasteiger partial charge >= 0.3 is 0 Å². The molecule has 0 N–H and O–H groups in total. The van der Waals surface area contributed by atoms with E-state index < -0.39 is 0 Å². The van der Waals surface area contributed by atoms with E-state index in [1.54, 1.807) is 0 Å². The summed E-state index contributed by atoms with van der Waals surface area (Å²) in [7, 11) is 0. The smallest absolute Gasteiger partial charge is 0.190 e. The molecule has 3 heterocycles. The first-order valence-corrected chi connectivity index (χ1v) is 10.3. The van der Waals surface area contributed by atoms with Gasteiger partial charge in [-0.15, -0.1) is 0 Å². The second-order valence-corrected chi connectivity index (χ2v) is 8.13. The van der Waals surface area contributed by atoms with E-state index in [0.29, 0.717) is 0 Å². The lowest BCUT2D eigenvalue weighted by Gasteiger charge is -2.45. The lowest BCUT2D eigenvalue weighted by Crippen LogP contribution is -2.58. The van der Waals surface area contributed by atoms with Crippen molar-refractivity contribution in [2.24, 2.45) is 0 Å². The molecule has 3 aromatic carbocycles. The largest absolute Gasteiger partial charge is 0.210 e. The molecule has 4 aromatic rings. The van der Waals surface area contributed by atoms with Crippen LogP contribution in [0.25, 0.3) is 11.1 Å². The van der Waals surface area contributed by atoms with Crippen LogP contribution in [0.15, 0.2) is 109 Å². The second kappa shape index (κ2) is 6.02. The van der Waals surface area contributed by atoms with E-state index >= 15 is 0 Å². The third-order valence-electron chi connectivity index (χ3n) is 6.66. The molecule has 7 rings (SSSR count). The predicted octanol–water partition coefficient (Wildman–Crippen LogP) is 5.81. The first-order chi connectivity index (χ1) is 14.3. The number of aromatic nitrogens is 1. The second-order valence-electron chi connectivity index (χ2n) is 8.13. The summed E-state index contributed by atoms with van der Waals surface area (Å²) in [6.07, 6.45) is 2.25. The van der Waals surface area contributed by atoms with Crippen LogP contribution >= 0.6 is 0 Å². The number of benzene rings is 3. The summed E-state index contributed by atoms with van der Waals surface area (Å²) in [5, 5.41) is 0. The van der Waals surface area contributed by atoms with Crippen molar-refractivity contribution in [2.75, 3.05) is 0 Å². The summed E-state index contributed by atoms with van der Waals surface area (Å²) in [5.74, 6) is 0. The van der Waals surface area contributed by atoms with Crippen LogP contribution in [0.4, 0.5) is 0 Å². The van der Waals surface area contributed by atoms with Crippen LogP contribution in [0.2, 0.25) is 0 Å². The molecule has 29 heavy (non-hydrogen) atoms. The molecule has 0 radical (unpaired) electrons. The maximum atomic E-state index is 2.48. The summed E-state index contributed by atoms with van der Waals surface area (Å²) in [4.78, 5) is 0. The van der Waals surface area contributed by atoms with Crippen LogP contribution in [-0.4, -0.2) is 0 Å². The number of hydrogen-bond donors (Lipinski definition) is 0. The summed E-state index contributed by atoms with van der Waals surface area (Å²) in [5.41, 5.74) is 9.46. The van der Waals surface area contributed by atoms with Crippen LogP contribution in [0.5, 0.6) is 0 Å². The molecule has 0 saturated carbocycles. The van der Waals surface area contributed by atoms with Gasteiger partial charge in [-0.1, -0.05) is 91.0 Å². The Balaban J connectivity index is 1.80. The molecular formula is C28H22N+. The monoisotopic (exact) mass is 372 g/mol. The van der Waals surface area contributed by atoms with E-state index in [1.165, 1.54) is 39.1 Å². The lowest BCUT2D eigenvalue weighted by molar-refractivity contribution is -0.714. The average molecular weight is 372 g/mol. The minimum atomic E-state index is -0.209. The zero-order chi connectivity index (χ0) is 19.4. The third kappa shape index (κ3) is 2.13. The standard InChI is InChI=1S/C28H22N/c1-28-23-17-9-8-16-22(23)27(29-19-11-10-18-24(28)29)25(20-12-4-2-5-13-20)26(28)21-14-6-3-7-15-21/h2-19,27H,1H3/q+1/t27-,28+/m1/s1. The van der Waals surface area contributed by atoms with Gasteiger partial charge in [0.1, 0.15) is 5.41 Å². The molecule has 0 spiro atoms. The molecule has 3 aliphatic rings. The Morgan fingerprint density at radius 3 is 2.03 bits per heavy atom. The molecule has 1 aromatic heterocycles. The Morgan fingerprint density at radius 2 is 1.28 bits per heavy atom. The van der Waals surface area contributed by atoms with Crippen molar-refractivity contribution in [3.63, 3.8) is 0 Å². The van der Waals surface area contributed by atoms with Crippen molar-refractivity contribution < 1.29 is 4.57 Å². The fourth-order valence-electron chi connectivity index (χ4n) is 5.52. The summed E-state index contributed by atoms with van der Waals surface area (Å²) in [6, 6.07) is 37.7. The van der Waals surface area contributed by atoms with Crippen LogP contribution in [0, 0.1) is 0 Å². The van der Waals surface area contributed by atoms with Gasteiger partial charge in [-0.2, -0.15) is 4.57 Å². The van der Waals surface area contributed by atoms with Crippen molar-refractivity contribution in [1.82, 2.24) is 0 Å². The van der Waals surface area contributed by atoms with Gasteiger partial charge < -0.3 is 0 Å². The van der Waals surface area contributed by atoms with Crippen molar-refractivity contribution in [3.8, 4) is 0 Å². The van der Waals surface area contributed by atoms with Gasteiger partial charge in [0.15, 0.2) is 11.9 Å². The molecule has 2 atom stereocenters. The Labute approximate surface area is 171 Å². The highest BCUT2D eigenvalue weighted by molar-refractivity contribution is 6.01. The topological polar surface area (TPSA) is 3.88 Å². The Kier molecular flexibility index (Phi) is 3.43. The molecule has 0 amide bonds. The van der Waals surface area contributed by atoms with Gasteiger partial charge in [-0.3, -0.25) is 0 Å². The maximum absolute atomic E-state index is 2.48. The summed E-state index contributed by atoms with van der Waals surface area (Å²) >= 11 is 0. The molecular weight excluding hydrogens is 350 g/mol. The highest BCUT2D eigenvalue weighted by atomic mass is 15.0. The van der Waals surface area contributed by atoms with Gasteiger partial charge in [0.25, 0.3) is 0 Å². The van der Waals surface area contributed by atoms with E-state index in [2.05, 4.69) is 121 Å². The molecule has 1 aliphatic carbocycles. The number of allylic oxidation sites excluding steroid dienone is 2. The van der Waals surface area contributed by atoms with Crippen molar-refractivity contribution in [3.05, 3.63) is 137 Å². The van der Waals surface area contributed by atoms with E-state index in [-0.39, 0.29) is 11.5 Å². The lowest BCUT2D eigenvalue weighted by atomic mass is 9.58. The molecule has 1 heteroatoms. The molecule has 138 valence electrons. The number of hydrogen-bond acceptors (Lipinski definition) is 0. The van der Waals surface area contributed by atoms with E-state index in [9.17, 15) is 0 Å². The maximum Gasteiger partial charge on any atom is 0.210 e.